The highest BCUT2D eigenvalue weighted by Gasteiger charge is 2.23. The molecule has 27 heavy (non-hydrogen) atoms. The Morgan fingerprint density at radius 3 is 2.41 bits per heavy atom. The summed E-state index contributed by atoms with van der Waals surface area (Å²) in [5.41, 5.74) is 1.68. The minimum Gasteiger partial charge on any atom is -0.280 e. The molecule has 0 amide bonds. The van der Waals surface area contributed by atoms with Gasteiger partial charge >= 0.3 is 5.69 Å². The Morgan fingerprint density at radius 2 is 1.78 bits per heavy atom. The minimum atomic E-state index is -0.388. The van der Waals surface area contributed by atoms with Crippen LogP contribution in [0.3, 0.4) is 0 Å². The van der Waals surface area contributed by atoms with Gasteiger partial charge in [-0.1, -0.05) is 50.6 Å². The summed E-state index contributed by atoms with van der Waals surface area (Å²) in [6.45, 7) is 8.10. The molecule has 6 nitrogen and oxygen atoms in total. The zero-order chi connectivity index (χ0) is 19.9. The van der Waals surface area contributed by atoms with Crippen LogP contribution in [-0.2, 0) is 25.3 Å². The molecule has 2 aromatic heterocycles. The second-order valence-corrected chi connectivity index (χ2v) is 8.75. The van der Waals surface area contributed by atoms with Gasteiger partial charge in [-0.25, -0.2) is 14.8 Å². The van der Waals surface area contributed by atoms with E-state index in [1.165, 1.54) is 28.9 Å². The van der Waals surface area contributed by atoms with Crippen molar-refractivity contribution in [3.05, 3.63) is 62.1 Å². The van der Waals surface area contributed by atoms with Crippen molar-refractivity contribution in [1.82, 2.24) is 19.1 Å². The van der Waals surface area contributed by atoms with E-state index in [0.29, 0.717) is 27.6 Å². The molecule has 0 bridgehead atoms. The summed E-state index contributed by atoms with van der Waals surface area (Å²) in [4.78, 5) is 34.4. The summed E-state index contributed by atoms with van der Waals surface area (Å²) in [5.74, 6) is 1.30. The molecule has 0 aliphatic heterocycles. The Labute approximate surface area is 162 Å². The Morgan fingerprint density at radius 1 is 1.07 bits per heavy atom. The lowest BCUT2D eigenvalue weighted by atomic mass is 9.96. The van der Waals surface area contributed by atoms with Crippen molar-refractivity contribution in [3.63, 3.8) is 0 Å². The molecule has 7 heteroatoms. The number of nitrogens with zero attached hydrogens (tertiary/aromatic N) is 4. The first-order valence-electron chi connectivity index (χ1n) is 8.76. The Bertz CT molecular complexity index is 1140. The molecule has 2 heterocycles. The van der Waals surface area contributed by atoms with E-state index in [-0.39, 0.29) is 16.7 Å². The highest BCUT2D eigenvalue weighted by atomic mass is 32.2. The molecule has 0 aliphatic rings. The smallest absolute Gasteiger partial charge is 0.280 e. The van der Waals surface area contributed by atoms with Gasteiger partial charge in [0.25, 0.3) is 5.56 Å². The monoisotopic (exact) mass is 384 g/mol. The van der Waals surface area contributed by atoms with E-state index >= 15 is 0 Å². The lowest BCUT2D eigenvalue weighted by Gasteiger charge is -2.19. The van der Waals surface area contributed by atoms with E-state index in [2.05, 4.69) is 30.1 Å². The van der Waals surface area contributed by atoms with Crippen molar-refractivity contribution >= 4 is 22.8 Å². The highest BCUT2D eigenvalue weighted by molar-refractivity contribution is 7.98. The van der Waals surface area contributed by atoms with Crippen molar-refractivity contribution in [2.45, 2.75) is 43.9 Å². The molecular weight excluding hydrogens is 360 g/mol. The Hall–Kier alpha value is -2.41. The van der Waals surface area contributed by atoms with Crippen molar-refractivity contribution < 1.29 is 0 Å². The number of benzene rings is 1. The zero-order valence-electron chi connectivity index (χ0n) is 16.5. The van der Waals surface area contributed by atoms with Crippen molar-refractivity contribution in [3.8, 4) is 0 Å². The Balaban J connectivity index is 2.22. The molecule has 0 radical (unpaired) electrons. The van der Waals surface area contributed by atoms with Crippen LogP contribution in [0.4, 0.5) is 0 Å². The van der Waals surface area contributed by atoms with Crippen LogP contribution in [-0.4, -0.2) is 19.1 Å². The fraction of sp³-hybridized carbons (Fsp3) is 0.400. The van der Waals surface area contributed by atoms with Crippen LogP contribution in [0.2, 0.25) is 0 Å². The van der Waals surface area contributed by atoms with Crippen LogP contribution in [0, 0.1) is 6.92 Å². The number of aryl methyl sites for hydroxylation is 2. The number of thioether (sulfide) groups is 1. The summed E-state index contributed by atoms with van der Waals surface area (Å²) < 4.78 is 2.53. The third-order valence-corrected chi connectivity index (χ3v) is 5.44. The molecule has 0 saturated carbocycles. The van der Waals surface area contributed by atoms with Gasteiger partial charge in [-0.15, -0.1) is 11.8 Å². The van der Waals surface area contributed by atoms with Crippen LogP contribution >= 0.6 is 11.8 Å². The molecule has 0 N–H and O–H groups in total. The molecule has 3 rings (SSSR count). The van der Waals surface area contributed by atoms with Gasteiger partial charge in [-0.2, -0.15) is 0 Å². The average Bonchev–Trinajstić information content (AvgIpc) is 2.61. The van der Waals surface area contributed by atoms with Gasteiger partial charge in [0.15, 0.2) is 5.65 Å². The predicted molar refractivity (Wildman–Crippen MR) is 109 cm³/mol. The summed E-state index contributed by atoms with van der Waals surface area (Å²) in [6, 6.07) is 8.25. The highest BCUT2D eigenvalue weighted by Crippen LogP contribution is 2.29. The molecule has 1 aromatic carbocycles. The molecule has 142 valence electrons. The first-order valence-corrected chi connectivity index (χ1v) is 9.74. The van der Waals surface area contributed by atoms with Crippen LogP contribution in [0.25, 0.3) is 11.0 Å². The van der Waals surface area contributed by atoms with E-state index in [1.54, 1.807) is 7.05 Å². The molecule has 0 spiro atoms. The zero-order valence-corrected chi connectivity index (χ0v) is 17.3. The number of fused-ring (bicyclic) bond motifs is 1. The topological polar surface area (TPSA) is 69.8 Å². The maximum Gasteiger partial charge on any atom is 0.332 e. The van der Waals surface area contributed by atoms with Gasteiger partial charge in [-0.3, -0.25) is 13.9 Å². The first-order chi connectivity index (χ1) is 12.6. The largest absolute Gasteiger partial charge is 0.332 e. The summed E-state index contributed by atoms with van der Waals surface area (Å²) in [5, 5.41) is 1.01. The van der Waals surface area contributed by atoms with Crippen molar-refractivity contribution in [1.29, 1.82) is 0 Å². The van der Waals surface area contributed by atoms with Gasteiger partial charge in [-0.05, 0) is 12.5 Å². The van der Waals surface area contributed by atoms with Gasteiger partial charge in [0.05, 0.1) is 0 Å². The first kappa shape index (κ1) is 19.4. The predicted octanol–water partition coefficient (Wildman–Crippen LogP) is 2.93. The number of hydrogen-bond donors (Lipinski definition) is 0. The van der Waals surface area contributed by atoms with Crippen molar-refractivity contribution in [2.75, 3.05) is 0 Å². The fourth-order valence-corrected chi connectivity index (χ4v) is 3.78. The second-order valence-electron chi connectivity index (χ2n) is 7.78. The molecular formula is C20H24N4O2S. The van der Waals surface area contributed by atoms with Crippen LogP contribution in [0.15, 0.2) is 38.9 Å². The lowest BCUT2D eigenvalue weighted by molar-refractivity contribution is 0.539. The van der Waals surface area contributed by atoms with E-state index in [0.717, 1.165) is 10.1 Å². The Kier molecular flexibility index (Phi) is 4.99. The number of aromatic nitrogens is 4. The van der Waals surface area contributed by atoms with Crippen LogP contribution in [0.1, 0.15) is 37.7 Å². The summed E-state index contributed by atoms with van der Waals surface area (Å²) >= 11 is 1.50. The van der Waals surface area contributed by atoms with Gasteiger partial charge in [0, 0.05) is 25.3 Å². The van der Waals surface area contributed by atoms with E-state index in [4.69, 9.17) is 4.98 Å². The molecule has 0 atom stereocenters. The third kappa shape index (κ3) is 3.69. The number of hydrogen-bond acceptors (Lipinski definition) is 5. The molecule has 0 saturated heterocycles. The molecule has 0 fully saturated rings. The van der Waals surface area contributed by atoms with Gasteiger partial charge < -0.3 is 0 Å². The van der Waals surface area contributed by atoms with E-state index in [9.17, 15) is 9.59 Å². The van der Waals surface area contributed by atoms with Gasteiger partial charge in [0.1, 0.15) is 16.2 Å². The van der Waals surface area contributed by atoms with Crippen LogP contribution in [0.5, 0.6) is 0 Å². The lowest BCUT2D eigenvalue weighted by Crippen LogP contribution is -2.38. The molecule has 0 aliphatic carbocycles. The van der Waals surface area contributed by atoms with Gasteiger partial charge in [0.2, 0.25) is 0 Å². The SMILES string of the molecule is Cc1cccc(CSc2nc(C(C)(C)C)nc3c2c(=O)n(C)c(=O)n3C)c1. The second kappa shape index (κ2) is 6.96. The fourth-order valence-electron chi connectivity index (χ4n) is 2.82. The van der Waals surface area contributed by atoms with E-state index < -0.39 is 0 Å². The standard InChI is InChI=1S/C20H24N4O2S/c1-12-8-7-9-13(10-12)11-27-16-14-15(21-18(22-16)20(2,3)4)23(5)19(26)24(6)17(14)25/h7-10H,11H2,1-6H3. The normalized spacial score (nSPS) is 11.9. The van der Waals surface area contributed by atoms with E-state index in [1.807, 2.05) is 26.8 Å². The quantitative estimate of drug-likeness (QED) is 0.513. The maximum absolute atomic E-state index is 12.8. The minimum absolute atomic E-state index is 0.302. The van der Waals surface area contributed by atoms with Crippen LogP contribution < -0.4 is 11.2 Å². The maximum atomic E-state index is 12.8. The molecule has 0 unspecified atom stereocenters. The average molecular weight is 385 g/mol. The summed E-state index contributed by atoms with van der Waals surface area (Å²) in [6.07, 6.45) is 0. The third-order valence-electron chi connectivity index (χ3n) is 4.40. The van der Waals surface area contributed by atoms with Crippen molar-refractivity contribution in [2.24, 2.45) is 14.1 Å². The molecule has 3 aromatic rings. The number of rotatable bonds is 3. The summed E-state index contributed by atoms with van der Waals surface area (Å²) in [7, 11) is 3.12.